The van der Waals surface area contributed by atoms with E-state index in [9.17, 15) is 18.0 Å². The number of carbonyl (C=O) groups excluding carboxylic acids is 2. The molecule has 1 atom stereocenters. The van der Waals surface area contributed by atoms with Crippen LogP contribution in [0.15, 0.2) is 102 Å². The van der Waals surface area contributed by atoms with Crippen molar-refractivity contribution in [1.29, 1.82) is 0 Å². The number of nitrogens with one attached hydrogen (secondary N) is 1. The zero-order valence-electron chi connectivity index (χ0n) is 27.2. The number of benzene rings is 4. The van der Waals surface area contributed by atoms with Gasteiger partial charge in [-0.1, -0.05) is 90.0 Å². The highest BCUT2D eigenvalue weighted by atomic mass is 35.5. The van der Waals surface area contributed by atoms with Crippen LogP contribution < -0.4 is 9.62 Å². The van der Waals surface area contributed by atoms with E-state index in [1.54, 1.807) is 37.3 Å². The Morgan fingerprint density at radius 3 is 2.09 bits per heavy atom. The first-order chi connectivity index (χ1) is 21.7. The molecule has 0 aliphatic heterocycles. The Labute approximate surface area is 278 Å². The number of aryl methyl sites for hydroxylation is 3. The van der Waals surface area contributed by atoms with Gasteiger partial charge in [-0.05, 0) is 88.1 Å². The second kappa shape index (κ2) is 14.5. The maximum Gasteiger partial charge on any atom is 0.264 e. The van der Waals surface area contributed by atoms with E-state index in [1.807, 2.05) is 89.2 Å². The first-order valence-electron chi connectivity index (χ1n) is 15.2. The zero-order chi connectivity index (χ0) is 33.6. The van der Waals surface area contributed by atoms with Gasteiger partial charge in [0.25, 0.3) is 10.0 Å². The first-order valence-corrected chi connectivity index (χ1v) is 17.0. The molecule has 0 bridgehead atoms. The van der Waals surface area contributed by atoms with Crippen molar-refractivity contribution in [3.63, 3.8) is 0 Å². The zero-order valence-corrected chi connectivity index (χ0v) is 28.8. The summed E-state index contributed by atoms with van der Waals surface area (Å²) in [5.74, 6) is -0.853. The SMILES string of the molecule is Cc1ccc(S(=O)(=O)N(CC(=O)N(Cc2ccccc2C)C(Cc2ccccc2)C(=O)NC(C)(C)C)c2cc(Cl)ccc2C)cc1. The second-order valence-electron chi connectivity index (χ2n) is 12.6. The smallest absolute Gasteiger partial charge is 0.264 e. The van der Waals surface area contributed by atoms with Gasteiger partial charge in [-0.2, -0.15) is 0 Å². The highest BCUT2D eigenvalue weighted by Gasteiger charge is 2.36. The van der Waals surface area contributed by atoms with Crippen molar-refractivity contribution < 1.29 is 18.0 Å². The van der Waals surface area contributed by atoms with E-state index in [0.29, 0.717) is 10.6 Å². The average Bonchev–Trinajstić information content (AvgIpc) is 2.99. The van der Waals surface area contributed by atoms with Crippen LogP contribution in [-0.4, -0.2) is 43.3 Å². The lowest BCUT2D eigenvalue weighted by Gasteiger charge is -2.36. The van der Waals surface area contributed by atoms with Crippen LogP contribution in [-0.2, 0) is 32.6 Å². The Morgan fingerprint density at radius 2 is 1.46 bits per heavy atom. The van der Waals surface area contributed by atoms with Crippen LogP contribution in [0.4, 0.5) is 5.69 Å². The topological polar surface area (TPSA) is 86.8 Å². The van der Waals surface area contributed by atoms with Gasteiger partial charge < -0.3 is 10.2 Å². The van der Waals surface area contributed by atoms with Crippen molar-refractivity contribution in [2.75, 3.05) is 10.8 Å². The van der Waals surface area contributed by atoms with Crippen molar-refractivity contribution >= 4 is 39.1 Å². The van der Waals surface area contributed by atoms with Crippen molar-refractivity contribution in [2.24, 2.45) is 0 Å². The van der Waals surface area contributed by atoms with E-state index in [1.165, 1.54) is 17.0 Å². The van der Waals surface area contributed by atoms with Gasteiger partial charge >= 0.3 is 0 Å². The van der Waals surface area contributed by atoms with E-state index in [0.717, 1.165) is 26.6 Å². The normalized spacial score (nSPS) is 12.3. The molecule has 2 amide bonds. The number of hydrogen-bond donors (Lipinski definition) is 1. The van der Waals surface area contributed by atoms with Crippen LogP contribution in [0.3, 0.4) is 0 Å². The predicted molar refractivity (Wildman–Crippen MR) is 185 cm³/mol. The highest BCUT2D eigenvalue weighted by molar-refractivity contribution is 7.92. The first kappa shape index (κ1) is 34.7. The fourth-order valence-corrected chi connectivity index (χ4v) is 6.82. The summed E-state index contributed by atoms with van der Waals surface area (Å²) in [6, 6.07) is 27.7. The number of sulfonamides is 1. The Morgan fingerprint density at radius 1 is 0.826 bits per heavy atom. The van der Waals surface area contributed by atoms with Crippen LogP contribution in [0, 0.1) is 20.8 Å². The molecule has 1 unspecified atom stereocenters. The summed E-state index contributed by atoms with van der Waals surface area (Å²) in [6.45, 7) is 10.8. The lowest BCUT2D eigenvalue weighted by Crippen LogP contribution is -2.56. The lowest BCUT2D eigenvalue weighted by molar-refractivity contribution is -0.140. The fraction of sp³-hybridized carbons (Fsp3) is 0.297. The number of halogens is 1. The molecule has 46 heavy (non-hydrogen) atoms. The molecule has 1 N–H and O–H groups in total. The summed E-state index contributed by atoms with van der Waals surface area (Å²) in [7, 11) is -4.23. The van der Waals surface area contributed by atoms with Gasteiger partial charge in [0.1, 0.15) is 12.6 Å². The van der Waals surface area contributed by atoms with E-state index in [2.05, 4.69) is 5.32 Å². The number of amides is 2. The molecule has 0 radical (unpaired) electrons. The molecular weight excluding hydrogens is 618 g/mol. The average molecular weight is 660 g/mol. The standard InChI is InChI=1S/C37H42ClN3O4S/c1-26-16-20-32(21-17-26)46(44,45)41(33-23-31(38)19-18-28(33)3)25-35(42)40(24-30-15-11-10-12-27(30)2)34(36(43)39-37(4,5)6)22-29-13-8-7-9-14-29/h7-21,23,34H,22,24-25H2,1-6H3,(H,39,43). The molecule has 4 aromatic rings. The van der Waals surface area contributed by atoms with Gasteiger partial charge in [-0.15, -0.1) is 0 Å². The van der Waals surface area contributed by atoms with Crippen molar-refractivity contribution in [3.05, 3.63) is 130 Å². The molecule has 7 nitrogen and oxygen atoms in total. The second-order valence-corrected chi connectivity index (χ2v) is 14.9. The van der Waals surface area contributed by atoms with Gasteiger partial charge in [-0.25, -0.2) is 8.42 Å². The number of nitrogens with zero attached hydrogens (tertiary/aromatic N) is 2. The number of rotatable bonds is 11. The number of anilines is 1. The Balaban J connectivity index is 1.86. The minimum absolute atomic E-state index is 0.0436. The summed E-state index contributed by atoms with van der Waals surface area (Å²) in [6.07, 6.45) is 0.237. The summed E-state index contributed by atoms with van der Waals surface area (Å²) in [5, 5.41) is 3.39. The van der Waals surface area contributed by atoms with Gasteiger partial charge in [0.05, 0.1) is 10.6 Å². The molecule has 0 aliphatic carbocycles. The molecule has 4 aromatic carbocycles. The largest absolute Gasteiger partial charge is 0.350 e. The van der Waals surface area contributed by atoms with E-state index >= 15 is 0 Å². The third-order valence-electron chi connectivity index (χ3n) is 7.70. The minimum atomic E-state index is -4.23. The summed E-state index contributed by atoms with van der Waals surface area (Å²) in [5.41, 5.74) is 3.92. The highest BCUT2D eigenvalue weighted by Crippen LogP contribution is 2.30. The summed E-state index contributed by atoms with van der Waals surface area (Å²) < 4.78 is 29.7. The van der Waals surface area contributed by atoms with Crippen molar-refractivity contribution in [3.8, 4) is 0 Å². The fourth-order valence-electron chi connectivity index (χ4n) is 5.18. The third kappa shape index (κ3) is 8.77. The lowest BCUT2D eigenvalue weighted by atomic mass is 10.00. The number of carbonyl (C=O) groups is 2. The van der Waals surface area contributed by atoms with Gasteiger partial charge in [0, 0.05) is 23.5 Å². The molecule has 4 rings (SSSR count). The van der Waals surface area contributed by atoms with Gasteiger partial charge in [-0.3, -0.25) is 13.9 Å². The van der Waals surface area contributed by atoms with Crippen molar-refractivity contribution in [1.82, 2.24) is 10.2 Å². The predicted octanol–water partition coefficient (Wildman–Crippen LogP) is 7.02. The maximum absolute atomic E-state index is 14.7. The minimum Gasteiger partial charge on any atom is -0.350 e. The quantitative estimate of drug-likeness (QED) is 0.188. The molecule has 0 heterocycles. The molecule has 0 saturated heterocycles. The number of hydrogen-bond acceptors (Lipinski definition) is 4. The molecule has 0 fully saturated rings. The Kier molecular flexibility index (Phi) is 11.0. The summed E-state index contributed by atoms with van der Waals surface area (Å²) in [4.78, 5) is 30.3. The molecule has 9 heteroatoms. The van der Waals surface area contributed by atoms with Gasteiger partial charge in [0.15, 0.2) is 0 Å². The van der Waals surface area contributed by atoms with Crippen molar-refractivity contribution in [2.45, 2.75) is 71.0 Å². The van der Waals surface area contributed by atoms with E-state index < -0.39 is 34.1 Å². The van der Waals surface area contributed by atoms with Gasteiger partial charge in [0.2, 0.25) is 11.8 Å². The molecule has 0 aromatic heterocycles. The maximum atomic E-state index is 14.7. The Bertz CT molecular complexity index is 1790. The monoisotopic (exact) mass is 659 g/mol. The van der Waals surface area contributed by atoms with E-state index in [-0.39, 0.29) is 29.5 Å². The third-order valence-corrected chi connectivity index (χ3v) is 9.71. The van der Waals surface area contributed by atoms with Crippen LogP contribution in [0.1, 0.15) is 48.6 Å². The van der Waals surface area contributed by atoms with Crippen LogP contribution >= 0.6 is 11.6 Å². The summed E-state index contributed by atoms with van der Waals surface area (Å²) >= 11 is 6.38. The Hall–Kier alpha value is -4.14. The molecule has 0 aliphatic rings. The van der Waals surface area contributed by atoms with Crippen LogP contribution in [0.25, 0.3) is 0 Å². The van der Waals surface area contributed by atoms with Crippen LogP contribution in [0.5, 0.6) is 0 Å². The molecule has 242 valence electrons. The molecule has 0 saturated carbocycles. The molecule has 0 spiro atoms. The van der Waals surface area contributed by atoms with E-state index in [4.69, 9.17) is 11.6 Å². The van der Waals surface area contributed by atoms with Crippen LogP contribution in [0.2, 0.25) is 5.02 Å². The molecular formula is C37H42ClN3O4S.